The number of hydrogen-bond acceptors (Lipinski definition) is 4. The van der Waals surface area contributed by atoms with E-state index in [4.69, 9.17) is 4.74 Å². The Morgan fingerprint density at radius 2 is 1.57 bits per heavy atom. The zero-order valence-corrected chi connectivity index (χ0v) is 17.7. The number of hydrogen-bond donors (Lipinski definition) is 3. The second-order valence-electron chi connectivity index (χ2n) is 7.66. The van der Waals surface area contributed by atoms with Crippen molar-refractivity contribution in [2.75, 3.05) is 16.0 Å². The Bertz CT molecular complexity index is 1280. The van der Waals surface area contributed by atoms with Gasteiger partial charge in [0.25, 0.3) is 0 Å². The molecule has 3 amide bonds. The number of alkyl halides is 3. The average molecular weight is 492 g/mol. The smallest absolute Gasteiger partial charge is 0.419 e. The van der Waals surface area contributed by atoms with Gasteiger partial charge in [-0.05, 0) is 49.2 Å². The Morgan fingerprint density at radius 3 is 2.23 bits per heavy atom. The van der Waals surface area contributed by atoms with Crippen LogP contribution in [0.4, 0.5) is 43.9 Å². The summed E-state index contributed by atoms with van der Waals surface area (Å²) in [4.78, 5) is 28.0. The molecule has 4 rings (SSSR count). The van der Waals surface area contributed by atoms with Gasteiger partial charge in [0.1, 0.15) is 17.4 Å². The van der Waals surface area contributed by atoms with Crippen molar-refractivity contribution in [2.45, 2.75) is 19.0 Å². The van der Waals surface area contributed by atoms with Gasteiger partial charge in [-0.1, -0.05) is 0 Å². The highest BCUT2D eigenvalue weighted by molar-refractivity contribution is 5.99. The summed E-state index contributed by atoms with van der Waals surface area (Å²) >= 11 is 0. The summed E-state index contributed by atoms with van der Waals surface area (Å²) in [5, 5.41) is 7.04. The lowest BCUT2D eigenvalue weighted by Crippen LogP contribution is -2.20. The normalized spacial score (nSPS) is 13.2. The van der Waals surface area contributed by atoms with Crippen LogP contribution in [0.3, 0.4) is 0 Å². The predicted octanol–water partition coefficient (Wildman–Crippen LogP) is 6.16. The SMILES string of the molecule is O=C(Nc1ccc(Oc2ccnc(NC(=O)C3CC3)c2)c(F)c1)Nc1ccc(F)c(C(F)(F)F)c1. The standard InChI is InChI=1S/C23H17F5N4O3/c24-17-5-3-13(9-16(17)23(26,27)28)30-22(34)31-14-4-6-19(18(25)10-14)35-15-7-8-29-20(11-15)32-21(33)12-1-2-12/h3-12H,1-2H2,(H,29,32,33)(H2,30,31,34). The van der Waals surface area contributed by atoms with Crippen LogP contribution >= 0.6 is 0 Å². The number of rotatable bonds is 6. The maximum Gasteiger partial charge on any atom is 0.419 e. The van der Waals surface area contributed by atoms with Gasteiger partial charge in [-0.2, -0.15) is 13.2 Å². The first-order valence-electron chi connectivity index (χ1n) is 10.3. The van der Waals surface area contributed by atoms with E-state index >= 15 is 0 Å². The van der Waals surface area contributed by atoms with Gasteiger partial charge in [-0.3, -0.25) is 4.79 Å². The third-order valence-electron chi connectivity index (χ3n) is 4.88. The molecule has 1 aromatic heterocycles. The van der Waals surface area contributed by atoms with Gasteiger partial charge in [-0.25, -0.2) is 18.6 Å². The number of urea groups is 1. The minimum Gasteiger partial charge on any atom is -0.454 e. The quantitative estimate of drug-likeness (QED) is 0.359. The molecule has 1 fully saturated rings. The average Bonchev–Trinajstić information content (AvgIpc) is 3.62. The van der Waals surface area contributed by atoms with Crippen molar-refractivity contribution < 1.29 is 36.3 Å². The van der Waals surface area contributed by atoms with Crippen LogP contribution in [-0.4, -0.2) is 16.9 Å². The zero-order chi connectivity index (χ0) is 25.2. The van der Waals surface area contributed by atoms with Crippen molar-refractivity contribution in [1.82, 2.24) is 4.98 Å². The minimum absolute atomic E-state index is 0.0161. The summed E-state index contributed by atoms with van der Waals surface area (Å²) in [6, 6.07) is 7.38. The molecule has 0 radical (unpaired) electrons. The molecule has 35 heavy (non-hydrogen) atoms. The van der Waals surface area contributed by atoms with E-state index in [1.807, 2.05) is 0 Å². The van der Waals surface area contributed by atoms with E-state index in [0.717, 1.165) is 25.0 Å². The lowest BCUT2D eigenvalue weighted by atomic mass is 10.2. The lowest BCUT2D eigenvalue weighted by molar-refractivity contribution is -0.139. The van der Waals surface area contributed by atoms with Crippen LogP contribution in [0, 0.1) is 17.6 Å². The summed E-state index contributed by atoms with van der Waals surface area (Å²) in [5.41, 5.74) is -1.86. The summed E-state index contributed by atoms with van der Waals surface area (Å²) < 4.78 is 71.8. The molecular formula is C23H17F5N4O3. The van der Waals surface area contributed by atoms with Gasteiger partial charge >= 0.3 is 12.2 Å². The molecule has 0 aliphatic heterocycles. The molecule has 3 aromatic rings. The number of halogens is 5. The third-order valence-corrected chi connectivity index (χ3v) is 4.88. The van der Waals surface area contributed by atoms with E-state index < -0.39 is 29.4 Å². The highest BCUT2D eigenvalue weighted by Crippen LogP contribution is 2.33. The van der Waals surface area contributed by atoms with Crippen LogP contribution in [0.2, 0.25) is 0 Å². The molecule has 1 aliphatic carbocycles. The van der Waals surface area contributed by atoms with Gasteiger partial charge in [0.15, 0.2) is 11.6 Å². The number of anilines is 3. The van der Waals surface area contributed by atoms with Crippen LogP contribution in [0.1, 0.15) is 18.4 Å². The van der Waals surface area contributed by atoms with E-state index in [1.54, 1.807) is 0 Å². The van der Waals surface area contributed by atoms with Crippen molar-refractivity contribution in [1.29, 1.82) is 0 Å². The van der Waals surface area contributed by atoms with Crippen molar-refractivity contribution in [3.63, 3.8) is 0 Å². The van der Waals surface area contributed by atoms with E-state index in [0.29, 0.717) is 12.1 Å². The summed E-state index contributed by atoms with van der Waals surface area (Å²) in [6.07, 6.45) is -1.90. The topological polar surface area (TPSA) is 92.3 Å². The number of benzene rings is 2. The summed E-state index contributed by atoms with van der Waals surface area (Å²) in [5.74, 6) is -2.22. The number of aromatic nitrogens is 1. The number of amides is 3. The first-order valence-corrected chi connectivity index (χ1v) is 10.3. The number of ether oxygens (including phenoxy) is 1. The Balaban J connectivity index is 1.39. The first-order chi connectivity index (χ1) is 16.6. The molecule has 0 bridgehead atoms. The number of carbonyl (C=O) groups is 2. The molecule has 0 unspecified atom stereocenters. The van der Waals surface area contributed by atoms with Gasteiger partial charge < -0.3 is 20.7 Å². The van der Waals surface area contributed by atoms with Crippen molar-refractivity contribution in [2.24, 2.45) is 5.92 Å². The van der Waals surface area contributed by atoms with E-state index in [1.165, 1.54) is 30.5 Å². The highest BCUT2D eigenvalue weighted by Gasteiger charge is 2.34. The number of carbonyl (C=O) groups excluding carboxylic acids is 2. The maximum absolute atomic E-state index is 14.5. The van der Waals surface area contributed by atoms with Gasteiger partial charge in [0.2, 0.25) is 5.91 Å². The minimum atomic E-state index is -4.93. The summed E-state index contributed by atoms with van der Waals surface area (Å²) in [6.45, 7) is 0. The molecule has 0 spiro atoms. The Morgan fingerprint density at radius 1 is 0.886 bits per heavy atom. The molecule has 182 valence electrons. The second kappa shape index (κ2) is 9.57. The van der Waals surface area contributed by atoms with Gasteiger partial charge in [0, 0.05) is 35.6 Å². The zero-order valence-electron chi connectivity index (χ0n) is 17.7. The maximum atomic E-state index is 14.5. The Hall–Kier alpha value is -4.22. The van der Waals surface area contributed by atoms with Crippen LogP contribution in [0.15, 0.2) is 54.7 Å². The highest BCUT2D eigenvalue weighted by atomic mass is 19.4. The lowest BCUT2D eigenvalue weighted by Gasteiger charge is -2.12. The fourth-order valence-corrected chi connectivity index (χ4v) is 3.02. The molecule has 0 atom stereocenters. The fourth-order valence-electron chi connectivity index (χ4n) is 3.02. The number of pyridine rings is 1. The first kappa shape index (κ1) is 23.9. The third kappa shape index (κ3) is 6.22. The van der Waals surface area contributed by atoms with Crippen LogP contribution < -0.4 is 20.7 Å². The largest absolute Gasteiger partial charge is 0.454 e. The second-order valence-corrected chi connectivity index (χ2v) is 7.66. The molecule has 1 aliphatic rings. The molecule has 0 saturated heterocycles. The Labute approximate surface area is 195 Å². The van der Waals surface area contributed by atoms with Crippen LogP contribution in [-0.2, 0) is 11.0 Å². The molecule has 7 nitrogen and oxygen atoms in total. The molecule has 1 heterocycles. The summed E-state index contributed by atoms with van der Waals surface area (Å²) in [7, 11) is 0. The Kier molecular flexibility index (Phi) is 6.54. The van der Waals surface area contributed by atoms with Gasteiger partial charge in [-0.15, -0.1) is 0 Å². The van der Waals surface area contributed by atoms with Gasteiger partial charge in [0.05, 0.1) is 5.56 Å². The number of nitrogens with zero attached hydrogens (tertiary/aromatic N) is 1. The molecular weight excluding hydrogens is 475 g/mol. The van der Waals surface area contributed by atoms with E-state index in [9.17, 15) is 31.5 Å². The predicted molar refractivity (Wildman–Crippen MR) is 116 cm³/mol. The van der Waals surface area contributed by atoms with E-state index in [-0.39, 0.29) is 40.5 Å². The fraction of sp³-hybridized carbons (Fsp3) is 0.174. The number of nitrogens with one attached hydrogen (secondary N) is 3. The van der Waals surface area contributed by atoms with Crippen LogP contribution in [0.25, 0.3) is 0 Å². The molecule has 12 heteroatoms. The monoisotopic (exact) mass is 492 g/mol. The molecule has 3 N–H and O–H groups in total. The van der Waals surface area contributed by atoms with Crippen molar-refractivity contribution in [3.05, 3.63) is 71.9 Å². The molecule has 2 aromatic carbocycles. The van der Waals surface area contributed by atoms with E-state index in [2.05, 4.69) is 20.9 Å². The van der Waals surface area contributed by atoms with Crippen molar-refractivity contribution >= 4 is 29.1 Å². The van der Waals surface area contributed by atoms with Crippen molar-refractivity contribution in [3.8, 4) is 11.5 Å². The van der Waals surface area contributed by atoms with Crippen LogP contribution in [0.5, 0.6) is 11.5 Å². The molecule has 1 saturated carbocycles.